The molecule has 1 fully saturated rings. The summed E-state index contributed by atoms with van der Waals surface area (Å²) >= 11 is 0. The van der Waals surface area contributed by atoms with Gasteiger partial charge in [0.05, 0.1) is 31.7 Å². The molecule has 6 nitrogen and oxygen atoms in total. The Kier molecular flexibility index (Phi) is 5.74. The van der Waals surface area contributed by atoms with Crippen LogP contribution in [-0.4, -0.2) is 47.9 Å². The number of aryl methyl sites for hydroxylation is 1. The lowest BCUT2D eigenvalue weighted by Gasteiger charge is -2.32. The SMILES string of the molecule is COc1cccc(C(=O)N2CCC(c3cnn(-c4ccc(C)cc4)c3)CC2)c1OC. The van der Waals surface area contributed by atoms with Crippen molar-refractivity contribution in [2.45, 2.75) is 25.7 Å². The van der Waals surface area contributed by atoms with Gasteiger partial charge in [0.25, 0.3) is 5.91 Å². The highest BCUT2D eigenvalue weighted by molar-refractivity contribution is 5.97. The number of likely N-dealkylation sites (tertiary alicyclic amines) is 1. The molecule has 4 rings (SSSR count). The number of carbonyl (C=O) groups is 1. The second-order valence-electron chi connectivity index (χ2n) is 7.66. The number of rotatable bonds is 5. The third-order valence-corrected chi connectivity index (χ3v) is 5.79. The van der Waals surface area contributed by atoms with Crippen molar-refractivity contribution in [1.82, 2.24) is 14.7 Å². The Bertz CT molecular complexity index is 1020. The van der Waals surface area contributed by atoms with E-state index in [1.807, 2.05) is 21.8 Å². The van der Waals surface area contributed by atoms with E-state index < -0.39 is 0 Å². The van der Waals surface area contributed by atoms with E-state index >= 15 is 0 Å². The van der Waals surface area contributed by atoms with Gasteiger partial charge in [0.1, 0.15) is 0 Å². The third-order valence-electron chi connectivity index (χ3n) is 5.79. The van der Waals surface area contributed by atoms with Crippen LogP contribution in [0.2, 0.25) is 0 Å². The summed E-state index contributed by atoms with van der Waals surface area (Å²) in [6.45, 7) is 3.49. The van der Waals surface area contributed by atoms with Crippen LogP contribution in [0.25, 0.3) is 5.69 Å². The number of methoxy groups -OCH3 is 2. The molecular formula is C24H27N3O3. The van der Waals surface area contributed by atoms with E-state index in [-0.39, 0.29) is 5.91 Å². The number of piperidine rings is 1. The average molecular weight is 405 g/mol. The van der Waals surface area contributed by atoms with Crippen molar-refractivity contribution in [1.29, 1.82) is 0 Å². The normalized spacial score (nSPS) is 14.6. The molecule has 1 aliphatic heterocycles. The molecule has 0 unspecified atom stereocenters. The second-order valence-corrected chi connectivity index (χ2v) is 7.66. The van der Waals surface area contributed by atoms with Crippen LogP contribution in [0.1, 0.15) is 40.2 Å². The largest absolute Gasteiger partial charge is 0.493 e. The summed E-state index contributed by atoms with van der Waals surface area (Å²) in [5.41, 5.74) is 4.06. The van der Waals surface area contributed by atoms with Gasteiger partial charge in [-0.3, -0.25) is 4.79 Å². The molecular weight excluding hydrogens is 378 g/mol. The molecule has 0 atom stereocenters. The molecule has 156 valence electrons. The molecule has 0 bridgehead atoms. The second kappa shape index (κ2) is 8.61. The van der Waals surface area contributed by atoms with E-state index in [1.54, 1.807) is 26.4 Å². The number of nitrogens with zero attached hydrogens (tertiary/aromatic N) is 3. The summed E-state index contributed by atoms with van der Waals surface area (Å²) in [6, 6.07) is 13.8. The molecule has 2 aromatic carbocycles. The van der Waals surface area contributed by atoms with Gasteiger partial charge in [-0.1, -0.05) is 23.8 Å². The van der Waals surface area contributed by atoms with Gasteiger partial charge in [-0.15, -0.1) is 0 Å². The Hall–Kier alpha value is -3.28. The minimum Gasteiger partial charge on any atom is -0.493 e. The van der Waals surface area contributed by atoms with Gasteiger partial charge >= 0.3 is 0 Å². The molecule has 0 saturated carbocycles. The average Bonchev–Trinajstić information content (AvgIpc) is 3.29. The molecule has 0 aliphatic carbocycles. The van der Waals surface area contributed by atoms with Gasteiger partial charge in [0, 0.05) is 19.3 Å². The fourth-order valence-electron chi connectivity index (χ4n) is 4.03. The molecule has 3 aromatic rings. The smallest absolute Gasteiger partial charge is 0.257 e. The predicted molar refractivity (Wildman–Crippen MR) is 116 cm³/mol. The van der Waals surface area contributed by atoms with E-state index in [4.69, 9.17) is 9.47 Å². The van der Waals surface area contributed by atoms with Gasteiger partial charge < -0.3 is 14.4 Å². The first-order chi connectivity index (χ1) is 14.6. The molecule has 0 radical (unpaired) electrons. The van der Waals surface area contributed by atoms with E-state index in [1.165, 1.54) is 11.1 Å². The summed E-state index contributed by atoms with van der Waals surface area (Å²) in [4.78, 5) is 15.0. The van der Waals surface area contributed by atoms with Crippen molar-refractivity contribution in [2.24, 2.45) is 0 Å². The number of amides is 1. The van der Waals surface area contributed by atoms with Gasteiger partial charge in [0.15, 0.2) is 11.5 Å². The van der Waals surface area contributed by atoms with Crippen LogP contribution >= 0.6 is 0 Å². The fraction of sp³-hybridized carbons (Fsp3) is 0.333. The van der Waals surface area contributed by atoms with Crippen molar-refractivity contribution in [2.75, 3.05) is 27.3 Å². The van der Waals surface area contributed by atoms with E-state index in [0.717, 1.165) is 18.5 Å². The van der Waals surface area contributed by atoms with Crippen molar-refractivity contribution >= 4 is 5.91 Å². The highest BCUT2D eigenvalue weighted by atomic mass is 16.5. The van der Waals surface area contributed by atoms with E-state index in [2.05, 4.69) is 42.5 Å². The van der Waals surface area contributed by atoms with Gasteiger partial charge in [-0.05, 0) is 55.5 Å². The zero-order valence-electron chi connectivity index (χ0n) is 17.7. The monoisotopic (exact) mass is 405 g/mol. The topological polar surface area (TPSA) is 56.6 Å². The van der Waals surface area contributed by atoms with E-state index in [0.29, 0.717) is 36.1 Å². The Morgan fingerprint density at radius 3 is 2.43 bits per heavy atom. The lowest BCUT2D eigenvalue weighted by atomic mass is 9.91. The highest BCUT2D eigenvalue weighted by Crippen LogP contribution is 2.34. The van der Waals surface area contributed by atoms with Crippen LogP contribution in [0.3, 0.4) is 0 Å². The van der Waals surface area contributed by atoms with Crippen LogP contribution in [-0.2, 0) is 0 Å². The number of ether oxygens (including phenoxy) is 2. The molecule has 1 aliphatic rings. The first-order valence-electron chi connectivity index (χ1n) is 10.2. The minimum atomic E-state index is -0.0143. The first kappa shape index (κ1) is 20.0. The Labute approximate surface area is 177 Å². The van der Waals surface area contributed by atoms with Crippen molar-refractivity contribution in [3.05, 3.63) is 71.5 Å². The zero-order valence-corrected chi connectivity index (χ0v) is 17.7. The van der Waals surface area contributed by atoms with Crippen LogP contribution < -0.4 is 9.47 Å². The number of aromatic nitrogens is 2. The molecule has 1 saturated heterocycles. The number of hydrogen-bond acceptors (Lipinski definition) is 4. The number of hydrogen-bond donors (Lipinski definition) is 0. The van der Waals surface area contributed by atoms with Crippen LogP contribution in [0.4, 0.5) is 0 Å². The quantitative estimate of drug-likeness (QED) is 0.638. The first-order valence-corrected chi connectivity index (χ1v) is 10.2. The Morgan fingerprint density at radius 1 is 1.03 bits per heavy atom. The Morgan fingerprint density at radius 2 is 1.77 bits per heavy atom. The zero-order chi connectivity index (χ0) is 21.1. The molecule has 6 heteroatoms. The number of benzene rings is 2. The fourth-order valence-corrected chi connectivity index (χ4v) is 4.03. The summed E-state index contributed by atoms with van der Waals surface area (Å²) < 4.78 is 12.7. The van der Waals surface area contributed by atoms with Crippen molar-refractivity contribution in [3.63, 3.8) is 0 Å². The maximum atomic E-state index is 13.1. The molecule has 1 amide bonds. The lowest BCUT2D eigenvalue weighted by molar-refractivity contribution is 0.0709. The lowest BCUT2D eigenvalue weighted by Crippen LogP contribution is -2.38. The molecule has 1 aromatic heterocycles. The third kappa shape index (κ3) is 3.90. The molecule has 2 heterocycles. The van der Waals surface area contributed by atoms with E-state index in [9.17, 15) is 4.79 Å². The van der Waals surface area contributed by atoms with Crippen molar-refractivity contribution < 1.29 is 14.3 Å². The molecule has 30 heavy (non-hydrogen) atoms. The van der Waals surface area contributed by atoms with Crippen LogP contribution in [0.5, 0.6) is 11.5 Å². The van der Waals surface area contributed by atoms with Crippen LogP contribution in [0.15, 0.2) is 54.9 Å². The van der Waals surface area contributed by atoms with Crippen LogP contribution in [0, 0.1) is 6.92 Å². The van der Waals surface area contributed by atoms with Gasteiger partial charge in [-0.2, -0.15) is 5.10 Å². The van der Waals surface area contributed by atoms with Gasteiger partial charge in [-0.25, -0.2) is 4.68 Å². The summed E-state index contributed by atoms with van der Waals surface area (Å²) in [5.74, 6) is 1.45. The number of carbonyl (C=O) groups excluding carboxylic acids is 1. The highest BCUT2D eigenvalue weighted by Gasteiger charge is 2.27. The predicted octanol–water partition coefficient (Wildman–Crippen LogP) is 4.22. The van der Waals surface area contributed by atoms with Crippen molar-refractivity contribution in [3.8, 4) is 17.2 Å². The standard InChI is InChI=1S/C24H27N3O3/c1-17-7-9-20(10-8-17)27-16-19(15-25-27)18-11-13-26(14-12-18)24(28)21-5-4-6-22(29-2)23(21)30-3/h4-10,15-16,18H,11-14H2,1-3H3. The molecule has 0 spiro atoms. The summed E-state index contributed by atoms with van der Waals surface area (Å²) in [5, 5.41) is 4.54. The minimum absolute atomic E-state index is 0.0143. The maximum Gasteiger partial charge on any atom is 0.257 e. The van der Waals surface area contributed by atoms with Gasteiger partial charge in [0.2, 0.25) is 0 Å². The summed E-state index contributed by atoms with van der Waals surface area (Å²) in [7, 11) is 3.14. The Balaban J connectivity index is 1.43. The molecule has 0 N–H and O–H groups in total. The maximum absolute atomic E-state index is 13.1. The summed E-state index contributed by atoms with van der Waals surface area (Å²) in [6.07, 6.45) is 5.89. The number of para-hydroxylation sites is 1.